The molecule has 19 heteroatoms. The minimum atomic E-state index is -5.50. The number of anilines is 2. The third-order valence-electron chi connectivity index (χ3n) is 6.90. The fourth-order valence-electron chi connectivity index (χ4n) is 4.57. The van der Waals surface area contributed by atoms with Crippen molar-refractivity contribution in [2.45, 2.75) is 37.0 Å². The van der Waals surface area contributed by atoms with Crippen LogP contribution in [0.5, 0.6) is 0 Å². The third-order valence-corrected chi connectivity index (χ3v) is 9.33. The van der Waals surface area contributed by atoms with Crippen LogP contribution in [0.1, 0.15) is 16.7 Å². The Balaban J connectivity index is 1.30. The molecule has 11 nitrogen and oxygen atoms in total. The lowest BCUT2D eigenvalue weighted by Crippen LogP contribution is -2.31. The number of benzene rings is 3. The molecule has 1 aliphatic heterocycles. The molecule has 258 valence electrons. The number of amidine groups is 1. The number of alkyl halides is 6. The second-order valence-corrected chi connectivity index (χ2v) is 13.5. The summed E-state index contributed by atoms with van der Waals surface area (Å²) in [6.07, 6.45) is -3.24. The van der Waals surface area contributed by atoms with Gasteiger partial charge in [-0.1, -0.05) is 23.9 Å². The second kappa shape index (κ2) is 13.6. The SMILES string of the molecule is Cc1ccc(COCC(F)(F)F)c(N2C(=O)CS/C2=N\C(=O)Nc2ccc(-c3ncn(-c4ccc(S(=O)(=O)C(F)(F)F)cc4)n3)cc2C)c1. The van der Waals surface area contributed by atoms with Crippen molar-refractivity contribution in [3.05, 3.63) is 83.7 Å². The van der Waals surface area contributed by atoms with E-state index >= 15 is 0 Å². The van der Waals surface area contributed by atoms with Crippen molar-refractivity contribution in [2.75, 3.05) is 22.6 Å². The van der Waals surface area contributed by atoms with Gasteiger partial charge >= 0.3 is 17.7 Å². The van der Waals surface area contributed by atoms with E-state index in [-0.39, 0.29) is 28.1 Å². The number of hydrogen-bond donors (Lipinski definition) is 1. The van der Waals surface area contributed by atoms with Gasteiger partial charge in [0.2, 0.25) is 5.91 Å². The summed E-state index contributed by atoms with van der Waals surface area (Å²) in [6, 6.07) is 12.7. The van der Waals surface area contributed by atoms with Crippen LogP contribution in [0.2, 0.25) is 0 Å². The summed E-state index contributed by atoms with van der Waals surface area (Å²) in [5.41, 5.74) is -2.48. The van der Waals surface area contributed by atoms with E-state index in [0.29, 0.717) is 27.9 Å². The molecule has 3 amide bonds. The van der Waals surface area contributed by atoms with Gasteiger partial charge in [0, 0.05) is 16.8 Å². The molecule has 5 rings (SSSR count). The third kappa shape index (κ3) is 8.11. The maximum atomic E-state index is 13.0. The Morgan fingerprint density at radius 2 is 1.73 bits per heavy atom. The summed E-state index contributed by atoms with van der Waals surface area (Å²) in [5, 5.41) is 6.96. The van der Waals surface area contributed by atoms with Gasteiger partial charge in [-0.25, -0.2) is 22.9 Å². The van der Waals surface area contributed by atoms with E-state index in [2.05, 4.69) is 20.4 Å². The molecular formula is C30H24F6N6O5S2. The van der Waals surface area contributed by atoms with E-state index in [9.17, 15) is 44.3 Å². The highest BCUT2D eigenvalue weighted by molar-refractivity contribution is 8.15. The van der Waals surface area contributed by atoms with Gasteiger partial charge in [0.25, 0.3) is 9.84 Å². The van der Waals surface area contributed by atoms with Gasteiger partial charge in [0.1, 0.15) is 12.9 Å². The average Bonchev–Trinajstić information content (AvgIpc) is 3.65. The van der Waals surface area contributed by atoms with E-state index in [0.717, 1.165) is 36.0 Å². The first-order valence-corrected chi connectivity index (χ1v) is 16.4. The first-order chi connectivity index (χ1) is 22.9. The van der Waals surface area contributed by atoms with Crippen LogP contribution in [0.4, 0.5) is 42.5 Å². The minimum absolute atomic E-state index is 0.0261. The first kappa shape index (κ1) is 35.6. The fraction of sp³-hybridized carbons (Fsp3) is 0.233. The number of aromatic nitrogens is 3. The Kier molecular flexibility index (Phi) is 9.89. The number of urea groups is 1. The van der Waals surface area contributed by atoms with E-state index in [4.69, 9.17) is 4.74 Å². The summed E-state index contributed by atoms with van der Waals surface area (Å²) in [7, 11) is -5.50. The van der Waals surface area contributed by atoms with Crippen LogP contribution in [0.25, 0.3) is 17.1 Å². The van der Waals surface area contributed by atoms with E-state index in [1.54, 1.807) is 50.2 Å². The molecule has 49 heavy (non-hydrogen) atoms. The van der Waals surface area contributed by atoms with Crippen LogP contribution in [-0.4, -0.2) is 64.3 Å². The molecule has 0 aliphatic carbocycles. The number of amides is 3. The zero-order valence-electron chi connectivity index (χ0n) is 25.3. The zero-order chi connectivity index (χ0) is 35.7. The molecule has 1 N–H and O–H groups in total. The molecule has 1 fully saturated rings. The lowest BCUT2D eigenvalue weighted by molar-refractivity contribution is -0.176. The van der Waals surface area contributed by atoms with Crippen molar-refractivity contribution in [3.63, 3.8) is 0 Å². The average molecular weight is 727 g/mol. The highest BCUT2D eigenvalue weighted by atomic mass is 32.2. The number of carbonyl (C=O) groups excluding carboxylic acids is 2. The highest BCUT2D eigenvalue weighted by Crippen LogP contribution is 2.33. The second-order valence-electron chi connectivity index (χ2n) is 10.6. The maximum absolute atomic E-state index is 13.0. The van der Waals surface area contributed by atoms with Crippen LogP contribution in [0, 0.1) is 13.8 Å². The van der Waals surface area contributed by atoms with E-state index in [1.165, 1.54) is 15.9 Å². The Hall–Kier alpha value is -4.75. The minimum Gasteiger partial charge on any atom is -0.367 e. The predicted octanol–water partition coefficient (Wildman–Crippen LogP) is 6.59. The van der Waals surface area contributed by atoms with Crippen LogP contribution >= 0.6 is 11.8 Å². The Bertz CT molecular complexity index is 2050. The number of ether oxygens (including phenoxy) is 1. The van der Waals surface area contributed by atoms with Gasteiger partial charge in [0.05, 0.1) is 28.6 Å². The predicted molar refractivity (Wildman–Crippen MR) is 168 cm³/mol. The van der Waals surface area contributed by atoms with E-state index < -0.39 is 51.6 Å². The number of thioether (sulfide) groups is 1. The number of carbonyl (C=O) groups is 2. The number of aliphatic imine (C=N–C) groups is 1. The van der Waals surface area contributed by atoms with Gasteiger partial charge in [-0.3, -0.25) is 9.69 Å². The largest absolute Gasteiger partial charge is 0.501 e. The molecule has 1 aliphatic rings. The zero-order valence-corrected chi connectivity index (χ0v) is 27.0. The maximum Gasteiger partial charge on any atom is 0.501 e. The number of sulfone groups is 1. The van der Waals surface area contributed by atoms with Crippen LogP contribution in [0.3, 0.4) is 0 Å². The normalized spacial score (nSPS) is 14.9. The van der Waals surface area contributed by atoms with Crippen LogP contribution in [0.15, 0.2) is 76.9 Å². The molecule has 0 radical (unpaired) electrons. The number of rotatable bonds is 8. The number of nitrogens with one attached hydrogen (secondary N) is 1. The van der Waals surface area contributed by atoms with Gasteiger partial charge in [-0.15, -0.1) is 5.10 Å². The monoisotopic (exact) mass is 726 g/mol. The molecule has 0 unspecified atom stereocenters. The van der Waals surface area contributed by atoms with Crippen molar-refractivity contribution in [1.29, 1.82) is 0 Å². The van der Waals surface area contributed by atoms with Crippen LogP contribution < -0.4 is 10.2 Å². The van der Waals surface area contributed by atoms with Gasteiger partial charge in [0.15, 0.2) is 11.0 Å². The lowest BCUT2D eigenvalue weighted by atomic mass is 10.1. The standard InChI is InChI=1S/C30H24F6N6O5S2/c1-17-3-4-20(13-47-15-29(31,32)33)24(11-17)42-25(43)14-48-28(42)39-27(44)38-23-10-5-19(12-18(23)2)26-37-16-41(40-26)21-6-8-22(9-7-21)49(45,46)30(34,35)36/h3-12,16H,13-15H2,1-2H3,(H,38,44)/b39-28-. The molecule has 1 aromatic heterocycles. The number of halogens is 6. The van der Waals surface area contributed by atoms with Gasteiger partial charge < -0.3 is 10.1 Å². The molecule has 0 saturated carbocycles. The Morgan fingerprint density at radius 1 is 1.02 bits per heavy atom. The molecule has 4 aromatic rings. The quantitative estimate of drug-likeness (QED) is 0.201. The summed E-state index contributed by atoms with van der Waals surface area (Å²) in [4.78, 5) is 34.3. The van der Waals surface area contributed by atoms with Crippen molar-refractivity contribution in [1.82, 2.24) is 14.8 Å². The van der Waals surface area contributed by atoms with Crippen molar-refractivity contribution in [3.8, 4) is 17.1 Å². The van der Waals surface area contributed by atoms with Crippen molar-refractivity contribution in [2.24, 2.45) is 4.99 Å². The number of nitrogens with zero attached hydrogens (tertiary/aromatic N) is 5. The highest BCUT2D eigenvalue weighted by Gasteiger charge is 2.46. The number of aryl methyl sites for hydroxylation is 2. The summed E-state index contributed by atoms with van der Waals surface area (Å²) in [6.45, 7) is 1.52. The summed E-state index contributed by atoms with van der Waals surface area (Å²) < 4.78 is 106. The van der Waals surface area contributed by atoms with Gasteiger partial charge in [-0.05, 0) is 73.5 Å². The van der Waals surface area contributed by atoms with Crippen molar-refractivity contribution < 1.29 is 49.1 Å². The molecule has 2 heterocycles. The molecule has 0 atom stereocenters. The fourth-order valence-corrected chi connectivity index (χ4v) is 6.19. The molecular weight excluding hydrogens is 702 g/mol. The number of hydrogen-bond acceptors (Lipinski definition) is 8. The van der Waals surface area contributed by atoms with E-state index in [1.807, 2.05) is 0 Å². The molecule has 1 saturated heterocycles. The Labute approximate surface area is 278 Å². The summed E-state index contributed by atoms with van der Waals surface area (Å²) >= 11 is 0.988. The molecule has 0 spiro atoms. The lowest BCUT2D eigenvalue weighted by Gasteiger charge is -2.21. The molecule has 3 aromatic carbocycles. The summed E-state index contributed by atoms with van der Waals surface area (Å²) in [5.74, 6) is -0.251. The first-order valence-electron chi connectivity index (χ1n) is 14.0. The smallest absolute Gasteiger partial charge is 0.367 e. The Morgan fingerprint density at radius 3 is 2.39 bits per heavy atom. The van der Waals surface area contributed by atoms with Gasteiger partial charge in [-0.2, -0.15) is 31.3 Å². The topological polar surface area (TPSA) is 136 Å². The van der Waals surface area contributed by atoms with Crippen molar-refractivity contribution >= 4 is 50.1 Å². The molecule has 0 bridgehead atoms. The van der Waals surface area contributed by atoms with Crippen LogP contribution in [-0.2, 0) is 26.0 Å².